The Morgan fingerprint density at radius 3 is 3.00 bits per heavy atom. The average molecular weight is 247 g/mol. The van der Waals surface area contributed by atoms with Crippen molar-refractivity contribution in [2.75, 3.05) is 13.1 Å². The fraction of sp³-hybridized carbons (Fsp3) is 0.462. The van der Waals surface area contributed by atoms with Crippen molar-refractivity contribution in [3.8, 4) is 5.88 Å². The summed E-state index contributed by atoms with van der Waals surface area (Å²) in [5.74, 6) is 0.560. The zero-order chi connectivity index (χ0) is 13.0. The van der Waals surface area contributed by atoms with Crippen LogP contribution in [0, 0.1) is 6.92 Å². The minimum atomic E-state index is 0.0104. The molecule has 5 heteroatoms. The first kappa shape index (κ1) is 12.5. The molecule has 96 valence electrons. The third-order valence-corrected chi connectivity index (χ3v) is 2.83. The quantitative estimate of drug-likeness (QED) is 0.756. The lowest BCUT2D eigenvalue weighted by Gasteiger charge is -2.14. The van der Waals surface area contributed by atoms with E-state index in [4.69, 9.17) is 4.74 Å². The second-order valence-electron chi connectivity index (χ2n) is 4.33. The molecule has 0 spiro atoms. The van der Waals surface area contributed by atoms with E-state index in [1.807, 2.05) is 19.9 Å². The molecule has 1 aliphatic heterocycles. The van der Waals surface area contributed by atoms with E-state index in [9.17, 15) is 4.79 Å². The predicted octanol–water partition coefficient (Wildman–Crippen LogP) is 1.34. The number of carbonyl (C=O) groups excluding carboxylic acids is 1. The summed E-state index contributed by atoms with van der Waals surface area (Å²) in [6, 6.07) is 3.67. The topological polar surface area (TPSA) is 55.3 Å². The Balaban J connectivity index is 1.89. The molecule has 0 aliphatic carbocycles. The van der Waals surface area contributed by atoms with Crippen molar-refractivity contribution >= 4 is 5.91 Å². The molecule has 18 heavy (non-hydrogen) atoms. The monoisotopic (exact) mass is 247 g/mol. The first-order chi connectivity index (χ1) is 8.69. The van der Waals surface area contributed by atoms with Crippen LogP contribution < -0.4 is 4.74 Å². The van der Waals surface area contributed by atoms with E-state index in [-0.39, 0.29) is 12.0 Å². The number of hydrogen-bond donors (Lipinski definition) is 0. The van der Waals surface area contributed by atoms with Gasteiger partial charge in [-0.3, -0.25) is 4.79 Å². The summed E-state index contributed by atoms with van der Waals surface area (Å²) in [7, 11) is 0. The predicted molar refractivity (Wildman–Crippen MR) is 67.2 cm³/mol. The van der Waals surface area contributed by atoms with Crippen LogP contribution in [-0.2, 0) is 4.79 Å². The number of amides is 1. The van der Waals surface area contributed by atoms with Gasteiger partial charge in [0.25, 0.3) is 0 Å². The van der Waals surface area contributed by atoms with Crippen LogP contribution in [0.2, 0.25) is 0 Å². The second kappa shape index (κ2) is 5.62. The van der Waals surface area contributed by atoms with Gasteiger partial charge >= 0.3 is 0 Å². The summed E-state index contributed by atoms with van der Waals surface area (Å²) in [5.41, 5.74) is 0.860. The highest BCUT2D eigenvalue weighted by Crippen LogP contribution is 2.16. The van der Waals surface area contributed by atoms with Gasteiger partial charge in [-0.05, 0) is 26.0 Å². The van der Waals surface area contributed by atoms with Crippen LogP contribution in [0.15, 0.2) is 24.3 Å². The first-order valence-corrected chi connectivity index (χ1v) is 6.07. The minimum Gasteiger partial charge on any atom is -0.471 e. The summed E-state index contributed by atoms with van der Waals surface area (Å²) < 4.78 is 5.70. The maximum absolute atomic E-state index is 11.6. The van der Waals surface area contributed by atoms with Crippen LogP contribution in [0.3, 0.4) is 0 Å². The molecule has 2 rings (SSSR count). The molecule has 0 unspecified atom stereocenters. The van der Waals surface area contributed by atoms with Gasteiger partial charge in [0.1, 0.15) is 6.10 Å². The molecule has 1 atom stereocenters. The molecular weight excluding hydrogens is 230 g/mol. The number of rotatable bonds is 3. The van der Waals surface area contributed by atoms with Crippen molar-refractivity contribution in [2.24, 2.45) is 0 Å². The Labute approximate surface area is 106 Å². The van der Waals surface area contributed by atoms with Crippen LogP contribution in [0.4, 0.5) is 0 Å². The molecule has 1 aromatic heterocycles. The van der Waals surface area contributed by atoms with E-state index in [1.54, 1.807) is 23.1 Å². The number of hydrogen-bond acceptors (Lipinski definition) is 4. The highest BCUT2D eigenvalue weighted by Gasteiger charge is 2.26. The third-order valence-electron chi connectivity index (χ3n) is 2.83. The van der Waals surface area contributed by atoms with Gasteiger partial charge in [-0.25, -0.2) is 0 Å². The summed E-state index contributed by atoms with van der Waals surface area (Å²) in [6.45, 7) is 5.06. The summed E-state index contributed by atoms with van der Waals surface area (Å²) in [4.78, 5) is 13.4. The Morgan fingerprint density at radius 2 is 2.33 bits per heavy atom. The van der Waals surface area contributed by atoms with Gasteiger partial charge in [0.2, 0.25) is 11.8 Å². The molecular formula is C13H17N3O2. The van der Waals surface area contributed by atoms with Crippen LogP contribution in [-0.4, -0.2) is 40.2 Å². The van der Waals surface area contributed by atoms with Crippen molar-refractivity contribution in [1.82, 2.24) is 15.1 Å². The molecule has 0 aromatic carbocycles. The second-order valence-corrected chi connectivity index (χ2v) is 4.33. The molecule has 0 saturated carbocycles. The van der Waals surface area contributed by atoms with Gasteiger partial charge in [-0.2, -0.15) is 5.10 Å². The molecule has 0 bridgehead atoms. The summed E-state index contributed by atoms with van der Waals surface area (Å²) in [6.07, 6.45) is 4.17. The zero-order valence-corrected chi connectivity index (χ0v) is 10.7. The smallest absolute Gasteiger partial charge is 0.246 e. The van der Waals surface area contributed by atoms with Gasteiger partial charge in [0.05, 0.1) is 12.2 Å². The SMILES string of the molecule is C/C=C/C(=O)N1CC[C@@H](Oc2ccc(C)nn2)C1. The number of aromatic nitrogens is 2. The Hall–Kier alpha value is -1.91. The van der Waals surface area contributed by atoms with Crippen molar-refractivity contribution < 1.29 is 9.53 Å². The van der Waals surface area contributed by atoms with E-state index < -0.39 is 0 Å². The van der Waals surface area contributed by atoms with Crippen LogP contribution in [0.25, 0.3) is 0 Å². The van der Waals surface area contributed by atoms with E-state index >= 15 is 0 Å². The van der Waals surface area contributed by atoms with E-state index in [1.165, 1.54) is 0 Å². The zero-order valence-electron chi connectivity index (χ0n) is 10.7. The first-order valence-electron chi connectivity index (χ1n) is 6.07. The molecule has 1 amide bonds. The molecule has 5 nitrogen and oxygen atoms in total. The molecule has 2 heterocycles. The average Bonchev–Trinajstić information content (AvgIpc) is 2.81. The molecule has 0 radical (unpaired) electrons. The van der Waals surface area contributed by atoms with Gasteiger partial charge in [-0.15, -0.1) is 5.10 Å². The van der Waals surface area contributed by atoms with Gasteiger partial charge in [0, 0.05) is 19.0 Å². The van der Waals surface area contributed by atoms with E-state index in [2.05, 4.69) is 10.2 Å². The number of ether oxygens (including phenoxy) is 1. The number of nitrogens with zero attached hydrogens (tertiary/aromatic N) is 3. The Bertz CT molecular complexity index is 442. The lowest BCUT2D eigenvalue weighted by molar-refractivity contribution is -0.125. The maximum Gasteiger partial charge on any atom is 0.246 e. The summed E-state index contributed by atoms with van der Waals surface area (Å²) >= 11 is 0. The lowest BCUT2D eigenvalue weighted by Crippen LogP contribution is -2.29. The van der Waals surface area contributed by atoms with Crippen LogP contribution >= 0.6 is 0 Å². The van der Waals surface area contributed by atoms with Gasteiger partial charge in [-0.1, -0.05) is 6.08 Å². The van der Waals surface area contributed by atoms with Crippen molar-refractivity contribution in [3.05, 3.63) is 30.0 Å². The highest BCUT2D eigenvalue weighted by molar-refractivity contribution is 5.87. The lowest BCUT2D eigenvalue weighted by atomic mass is 10.3. The summed E-state index contributed by atoms with van der Waals surface area (Å²) in [5, 5.41) is 7.90. The number of likely N-dealkylation sites (tertiary alicyclic amines) is 1. The van der Waals surface area contributed by atoms with Crippen LogP contribution in [0.5, 0.6) is 5.88 Å². The fourth-order valence-electron chi connectivity index (χ4n) is 1.89. The standard InChI is InChI=1S/C13H17N3O2/c1-3-4-13(17)16-8-7-11(9-16)18-12-6-5-10(2)14-15-12/h3-6,11H,7-9H2,1-2H3/b4-3+/t11-/m1/s1. The van der Waals surface area contributed by atoms with Crippen LogP contribution in [0.1, 0.15) is 19.0 Å². The number of aryl methyl sites for hydroxylation is 1. The minimum absolute atomic E-state index is 0.0104. The number of allylic oxidation sites excluding steroid dienone is 1. The third kappa shape index (κ3) is 3.06. The largest absolute Gasteiger partial charge is 0.471 e. The van der Waals surface area contributed by atoms with E-state index in [0.29, 0.717) is 12.4 Å². The fourth-order valence-corrected chi connectivity index (χ4v) is 1.89. The van der Waals surface area contributed by atoms with E-state index in [0.717, 1.165) is 18.7 Å². The van der Waals surface area contributed by atoms with Crippen molar-refractivity contribution in [1.29, 1.82) is 0 Å². The number of carbonyl (C=O) groups is 1. The molecule has 1 aliphatic rings. The molecule has 1 saturated heterocycles. The van der Waals surface area contributed by atoms with Crippen molar-refractivity contribution in [3.63, 3.8) is 0 Å². The van der Waals surface area contributed by atoms with Gasteiger partial charge in [0.15, 0.2) is 0 Å². The molecule has 1 aromatic rings. The van der Waals surface area contributed by atoms with Gasteiger partial charge < -0.3 is 9.64 Å². The normalized spacial score (nSPS) is 19.4. The maximum atomic E-state index is 11.6. The van der Waals surface area contributed by atoms with Crippen molar-refractivity contribution in [2.45, 2.75) is 26.4 Å². The molecule has 1 fully saturated rings. The Kier molecular flexibility index (Phi) is 3.92. The molecule has 0 N–H and O–H groups in total. The highest BCUT2D eigenvalue weighted by atomic mass is 16.5. The Morgan fingerprint density at radius 1 is 1.50 bits per heavy atom.